The Morgan fingerprint density at radius 2 is 1.85 bits per heavy atom. The third-order valence-corrected chi connectivity index (χ3v) is 5.11. The number of ether oxygens (including phenoxy) is 1. The zero-order chi connectivity index (χ0) is 15.2. The molecule has 0 saturated carbocycles. The highest BCUT2D eigenvalue weighted by Gasteiger charge is 2.23. The quantitative estimate of drug-likeness (QED) is 0.839. The van der Waals surface area contributed by atoms with Crippen molar-refractivity contribution in [3.05, 3.63) is 29.8 Å². The Hall–Kier alpha value is -0.870. The molecule has 0 aliphatic rings. The Morgan fingerprint density at radius 3 is 2.30 bits per heavy atom. The summed E-state index contributed by atoms with van der Waals surface area (Å²) in [5.41, 5.74) is 1.15. The monoisotopic (exact) mass is 297 g/mol. The second-order valence-electron chi connectivity index (χ2n) is 5.88. The highest BCUT2D eigenvalue weighted by molar-refractivity contribution is 7.86. The molecule has 0 aromatic heterocycles. The third-order valence-electron chi connectivity index (χ3n) is 3.10. The first-order chi connectivity index (χ1) is 9.38. The van der Waals surface area contributed by atoms with E-state index in [0.29, 0.717) is 5.75 Å². The predicted octanol–water partition coefficient (Wildman–Crippen LogP) is 3.28. The number of hydrogen-bond donors (Lipinski definition) is 1. The summed E-state index contributed by atoms with van der Waals surface area (Å²) in [6.45, 7) is 8.86. The molecule has 1 aromatic carbocycles. The molecule has 0 heterocycles. The maximum atomic E-state index is 12.3. The Bertz CT molecular complexity index is 423. The van der Waals surface area contributed by atoms with Crippen LogP contribution in [-0.2, 0) is 10.8 Å². The predicted molar refractivity (Wildman–Crippen MR) is 86.8 cm³/mol. The van der Waals surface area contributed by atoms with Gasteiger partial charge in [-0.25, -0.2) is 0 Å². The second kappa shape index (κ2) is 7.79. The first-order valence-corrected chi connectivity index (χ1v) is 8.49. The van der Waals surface area contributed by atoms with E-state index < -0.39 is 10.8 Å². The number of benzene rings is 1. The summed E-state index contributed by atoms with van der Waals surface area (Å²) in [7, 11) is 1.04. The van der Waals surface area contributed by atoms with Crippen LogP contribution in [0, 0.1) is 0 Å². The maximum Gasteiger partial charge on any atom is 0.119 e. The fourth-order valence-electron chi connectivity index (χ4n) is 1.76. The van der Waals surface area contributed by atoms with Gasteiger partial charge in [-0.05, 0) is 51.9 Å². The lowest BCUT2D eigenvalue weighted by Gasteiger charge is -2.23. The number of rotatable bonds is 7. The molecule has 114 valence electrons. The summed E-state index contributed by atoms with van der Waals surface area (Å²) in [5, 5.41) is 3.25. The summed E-state index contributed by atoms with van der Waals surface area (Å²) in [5.74, 6) is 1.51. The highest BCUT2D eigenvalue weighted by atomic mass is 32.2. The van der Waals surface area contributed by atoms with E-state index in [1.807, 2.05) is 52.1 Å². The summed E-state index contributed by atoms with van der Waals surface area (Å²) >= 11 is 0. The topological polar surface area (TPSA) is 38.3 Å². The van der Waals surface area contributed by atoms with Gasteiger partial charge in [-0.1, -0.05) is 19.1 Å². The maximum absolute atomic E-state index is 12.3. The fraction of sp³-hybridized carbons (Fsp3) is 0.625. The van der Waals surface area contributed by atoms with Crippen molar-refractivity contribution < 1.29 is 8.95 Å². The molecule has 20 heavy (non-hydrogen) atoms. The zero-order valence-corrected chi connectivity index (χ0v) is 14.0. The van der Waals surface area contributed by atoms with Crippen molar-refractivity contribution in [3.8, 4) is 5.75 Å². The third kappa shape index (κ3) is 5.25. The molecule has 1 aromatic rings. The van der Waals surface area contributed by atoms with Crippen LogP contribution in [-0.4, -0.2) is 28.4 Å². The molecule has 0 radical (unpaired) electrons. The van der Waals surface area contributed by atoms with Crippen LogP contribution in [0.25, 0.3) is 0 Å². The van der Waals surface area contributed by atoms with E-state index in [0.717, 1.165) is 24.3 Å². The van der Waals surface area contributed by atoms with Crippen molar-refractivity contribution in [1.29, 1.82) is 0 Å². The Kier molecular flexibility index (Phi) is 6.69. The molecular weight excluding hydrogens is 270 g/mol. The van der Waals surface area contributed by atoms with Crippen LogP contribution in [0.1, 0.15) is 45.7 Å². The van der Waals surface area contributed by atoms with Crippen LogP contribution in [0.3, 0.4) is 0 Å². The van der Waals surface area contributed by atoms with Gasteiger partial charge in [0.15, 0.2) is 0 Å². The fourth-order valence-corrected chi connectivity index (χ4v) is 2.93. The lowest BCUT2D eigenvalue weighted by Crippen LogP contribution is -2.31. The molecule has 0 fully saturated rings. The van der Waals surface area contributed by atoms with Gasteiger partial charge >= 0.3 is 0 Å². The van der Waals surface area contributed by atoms with Crippen LogP contribution >= 0.6 is 0 Å². The molecule has 0 bridgehead atoms. The number of nitrogens with one attached hydrogen (secondary N) is 1. The van der Waals surface area contributed by atoms with Gasteiger partial charge in [0.1, 0.15) is 5.75 Å². The van der Waals surface area contributed by atoms with Crippen molar-refractivity contribution in [2.45, 2.75) is 44.9 Å². The van der Waals surface area contributed by atoms with Gasteiger partial charge in [0.2, 0.25) is 0 Å². The molecular formula is C16H27NO2S. The van der Waals surface area contributed by atoms with Crippen molar-refractivity contribution in [1.82, 2.24) is 5.32 Å². The minimum absolute atomic E-state index is 0.107. The van der Waals surface area contributed by atoms with Crippen molar-refractivity contribution in [2.75, 3.05) is 19.4 Å². The largest absolute Gasteiger partial charge is 0.494 e. The van der Waals surface area contributed by atoms with Crippen LogP contribution in [0.5, 0.6) is 5.75 Å². The van der Waals surface area contributed by atoms with Crippen LogP contribution in [0.4, 0.5) is 0 Å². The Balaban J connectivity index is 2.72. The van der Waals surface area contributed by atoms with E-state index in [9.17, 15) is 4.21 Å². The molecule has 0 aliphatic carbocycles. The molecule has 0 saturated heterocycles. The standard InChI is InChI=1S/C16H27NO2S/c1-6-11-19-14-9-7-13(8-10-14)15(17-5)12-20(18)16(2,3)4/h7-10,15,17H,6,11-12H2,1-5H3. The van der Waals surface area contributed by atoms with E-state index in [1.165, 1.54) is 0 Å². The smallest absolute Gasteiger partial charge is 0.119 e. The van der Waals surface area contributed by atoms with Crippen molar-refractivity contribution in [3.63, 3.8) is 0 Å². The summed E-state index contributed by atoms with van der Waals surface area (Å²) < 4.78 is 17.7. The first-order valence-electron chi connectivity index (χ1n) is 7.17. The van der Waals surface area contributed by atoms with Crippen LogP contribution in [0.15, 0.2) is 24.3 Å². The van der Waals surface area contributed by atoms with Gasteiger partial charge in [0.05, 0.1) is 6.61 Å². The van der Waals surface area contributed by atoms with Gasteiger partial charge in [0.25, 0.3) is 0 Å². The lowest BCUT2D eigenvalue weighted by atomic mass is 10.1. The van der Waals surface area contributed by atoms with Gasteiger partial charge in [0, 0.05) is 27.3 Å². The summed E-state index contributed by atoms with van der Waals surface area (Å²) in [6, 6.07) is 8.17. The molecule has 0 amide bonds. The molecule has 2 unspecified atom stereocenters. The highest BCUT2D eigenvalue weighted by Crippen LogP contribution is 2.22. The van der Waals surface area contributed by atoms with Gasteiger partial charge in [-0.2, -0.15) is 0 Å². The minimum atomic E-state index is -0.872. The summed E-state index contributed by atoms with van der Waals surface area (Å²) in [6.07, 6.45) is 1.01. The van der Waals surface area contributed by atoms with E-state index in [2.05, 4.69) is 12.2 Å². The normalized spacial score (nSPS) is 14.8. The molecule has 3 nitrogen and oxygen atoms in total. The molecule has 2 atom stereocenters. The van der Waals surface area contributed by atoms with Crippen molar-refractivity contribution in [2.24, 2.45) is 0 Å². The zero-order valence-electron chi connectivity index (χ0n) is 13.2. The minimum Gasteiger partial charge on any atom is -0.494 e. The van der Waals surface area contributed by atoms with Gasteiger partial charge in [-0.15, -0.1) is 0 Å². The lowest BCUT2D eigenvalue weighted by molar-refractivity contribution is 0.317. The van der Waals surface area contributed by atoms with E-state index in [1.54, 1.807) is 0 Å². The Labute approximate surface area is 125 Å². The van der Waals surface area contributed by atoms with Crippen molar-refractivity contribution >= 4 is 10.8 Å². The molecule has 1 rings (SSSR count). The van der Waals surface area contributed by atoms with E-state index >= 15 is 0 Å². The molecule has 0 spiro atoms. The van der Waals surface area contributed by atoms with E-state index in [4.69, 9.17) is 4.74 Å². The molecule has 0 aliphatic heterocycles. The van der Waals surface area contributed by atoms with E-state index in [-0.39, 0.29) is 10.8 Å². The van der Waals surface area contributed by atoms with Crippen LogP contribution < -0.4 is 10.1 Å². The Morgan fingerprint density at radius 1 is 1.25 bits per heavy atom. The van der Waals surface area contributed by atoms with Crippen LogP contribution in [0.2, 0.25) is 0 Å². The molecule has 4 heteroatoms. The molecule has 1 N–H and O–H groups in total. The average Bonchev–Trinajstić information content (AvgIpc) is 2.42. The SMILES string of the molecule is CCCOc1ccc(C(CS(=O)C(C)(C)C)NC)cc1. The number of hydrogen-bond acceptors (Lipinski definition) is 3. The van der Waals surface area contributed by atoms with Gasteiger partial charge < -0.3 is 10.1 Å². The first kappa shape index (κ1) is 17.2. The van der Waals surface area contributed by atoms with Gasteiger partial charge in [-0.3, -0.25) is 4.21 Å². The second-order valence-corrected chi connectivity index (χ2v) is 8.13. The summed E-state index contributed by atoms with van der Waals surface area (Å²) in [4.78, 5) is 0. The average molecular weight is 297 g/mol.